The fourth-order valence-corrected chi connectivity index (χ4v) is 5.13. The molecule has 186 valence electrons. The Labute approximate surface area is 206 Å². The summed E-state index contributed by atoms with van der Waals surface area (Å²) in [5.41, 5.74) is 5.45. The van der Waals surface area contributed by atoms with Crippen LogP contribution in [0.15, 0.2) is 52.4 Å². The Morgan fingerprint density at radius 2 is 1.89 bits per heavy atom. The quantitative estimate of drug-likeness (QED) is 0.546. The van der Waals surface area contributed by atoms with Crippen molar-refractivity contribution >= 4 is 17.8 Å². The number of hydrogen-bond acceptors (Lipinski definition) is 5. The summed E-state index contributed by atoms with van der Waals surface area (Å²) in [5.74, 6) is -0.867. The van der Waals surface area contributed by atoms with Gasteiger partial charge in [0, 0.05) is 37.1 Å². The molecule has 0 unspecified atom stereocenters. The van der Waals surface area contributed by atoms with E-state index in [1.807, 2.05) is 18.2 Å². The molecule has 3 heterocycles. The van der Waals surface area contributed by atoms with Crippen LogP contribution in [0.1, 0.15) is 55.2 Å². The number of aliphatic hydroxyl groups is 1. The monoisotopic (exact) mass is 479 g/mol. The van der Waals surface area contributed by atoms with Gasteiger partial charge >= 0.3 is 5.97 Å². The van der Waals surface area contributed by atoms with E-state index in [0.717, 1.165) is 55.7 Å². The van der Waals surface area contributed by atoms with Crippen LogP contribution in [-0.2, 0) is 16.0 Å². The van der Waals surface area contributed by atoms with Gasteiger partial charge in [0.1, 0.15) is 17.1 Å². The first-order valence-corrected chi connectivity index (χ1v) is 12.3. The molecular formula is C28H34FN3O3. The number of carbonyl (C=O) groups excluding carboxylic acids is 1. The Balaban J connectivity index is 1.43. The van der Waals surface area contributed by atoms with Gasteiger partial charge in [-0.15, -0.1) is 0 Å². The summed E-state index contributed by atoms with van der Waals surface area (Å²) in [5, 5.41) is 10.6. The number of esters is 1. The Morgan fingerprint density at radius 3 is 2.54 bits per heavy atom. The van der Waals surface area contributed by atoms with E-state index >= 15 is 0 Å². The minimum absolute atomic E-state index is 0.125. The maximum absolute atomic E-state index is 13.1. The van der Waals surface area contributed by atoms with Crippen molar-refractivity contribution in [1.29, 1.82) is 0 Å². The highest BCUT2D eigenvalue weighted by Crippen LogP contribution is 2.32. The third kappa shape index (κ3) is 5.40. The third-order valence-electron chi connectivity index (χ3n) is 6.98. The van der Waals surface area contributed by atoms with Crippen molar-refractivity contribution in [2.45, 2.75) is 53.0 Å². The molecule has 4 rings (SSSR count). The minimum Gasteiger partial charge on any atom is -0.505 e. The molecule has 0 saturated carbocycles. The smallest absolute Gasteiger partial charge is 0.343 e. The predicted octanol–water partition coefficient (Wildman–Crippen LogP) is 5.31. The van der Waals surface area contributed by atoms with Gasteiger partial charge in [-0.2, -0.15) is 0 Å². The molecule has 6 nitrogen and oxygen atoms in total. The lowest BCUT2D eigenvalue weighted by molar-refractivity contribution is -0.138. The van der Waals surface area contributed by atoms with Crippen molar-refractivity contribution in [1.82, 2.24) is 9.47 Å². The number of aliphatic imine (C=N–C) groups is 1. The molecule has 1 fully saturated rings. The van der Waals surface area contributed by atoms with E-state index in [2.05, 4.69) is 34.4 Å². The van der Waals surface area contributed by atoms with Gasteiger partial charge in [-0.05, 0) is 82.4 Å². The van der Waals surface area contributed by atoms with Crippen molar-refractivity contribution in [3.63, 3.8) is 0 Å². The van der Waals surface area contributed by atoms with Crippen molar-refractivity contribution in [2.24, 2.45) is 4.99 Å². The summed E-state index contributed by atoms with van der Waals surface area (Å²) >= 11 is 0. The van der Waals surface area contributed by atoms with Gasteiger partial charge in [0.05, 0.1) is 12.3 Å². The lowest BCUT2D eigenvalue weighted by atomic mass is 10.0. The number of benzene rings is 1. The molecule has 0 radical (unpaired) electrons. The van der Waals surface area contributed by atoms with Gasteiger partial charge in [0.25, 0.3) is 0 Å². The van der Waals surface area contributed by atoms with Crippen LogP contribution in [0.25, 0.3) is 6.08 Å². The first kappa shape index (κ1) is 24.9. The number of aryl methyl sites for hydroxylation is 1. The number of likely N-dealkylation sites (tertiary alicyclic amines) is 1. The van der Waals surface area contributed by atoms with Gasteiger partial charge < -0.3 is 19.3 Å². The number of halogens is 1. The zero-order valence-electron chi connectivity index (χ0n) is 21.0. The van der Waals surface area contributed by atoms with Gasteiger partial charge in [-0.1, -0.05) is 12.1 Å². The third-order valence-corrected chi connectivity index (χ3v) is 6.98. The zero-order valence-corrected chi connectivity index (χ0v) is 21.0. The lowest BCUT2D eigenvalue weighted by Crippen LogP contribution is -2.36. The molecule has 1 saturated heterocycles. The number of aromatic nitrogens is 1. The predicted molar refractivity (Wildman–Crippen MR) is 136 cm³/mol. The molecule has 35 heavy (non-hydrogen) atoms. The van der Waals surface area contributed by atoms with Gasteiger partial charge in [-0.3, -0.25) is 0 Å². The van der Waals surface area contributed by atoms with Crippen LogP contribution in [0.5, 0.6) is 0 Å². The van der Waals surface area contributed by atoms with Crippen LogP contribution in [0.4, 0.5) is 4.39 Å². The largest absolute Gasteiger partial charge is 0.505 e. The van der Waals surface area contributed by atoms with Crippen LogP contribution >= 0.6 is 0 Å². The Morgan fingerprint density at radius 1 is 1.20 bits per heavy atom. The molecule has 0 aliphatic carbocycles. The maximum Gasteiger partial charge on any atom is 0.343 e. The summed E-state index contributed by atoms with van der Waals surface area (Å²) in [4.78, 5) is 19.1. The first-order valence-electron chi connectivity index (χ1n) is 12.3. The van der Waals surface area contributed by atoms with Gasteiger partial charge in [-0.25, -0.2) is 14.2 Å². The molecule has 2 aliphatic rings. The van der Waals surface area contributed by atoms with Crippen LogP contribution in [0.2, 0.25) is 0 Å². The number of rotatable bonds is 7. The van der Waals surface area contributed by atoms with E-state index in [4.69, 9.17) is 4.74 Å². The summed E-state index contributed by atoms with van der Waals surface area (Å²) in [6, 6.07) is 9.31. The van der Waals surface area contributed by atoms with Crippen LogP contribution < -0.4 is 0 Å². The average Bonchev–Trinajstić information content (AvgIpc) is 3.27. The number of carbonyl (C=O) groups is 1. The second kappa shape index (κ2) is 10.6. The highest BCUT2D eigenvalue weighted by Gasteiger charge is 2.28. The van der Waals surface area contributed by atoms with E-state index in [1.165, 1.54) is 17.8 Å². The van der Waals surface area contributed by atoms with Gasteiger partial charge in [0.2, 0.25) is 0 Å². The molecule has 1 aromatic heterocycles. The highest BCUT2D eigenvalue weighted by atomic mass is 19.1. The van der Waals surface area contributed by atoms with E-state index in [9.17, 15) is 14.3 Å². The molecule has 2 aliphatic heterocycles. The highest BCUT2D eigenvalue weighted by molar-refractivity contribution is 6.22. The molecule has 1 N–H and O–H groups in total. The van der Waals surface area contributed by atoms with Crippen molar-refractivity contribution in [3.8, 4) is 0 Å². The van der Waals surface area contributed by atoms with Crippen LogP contribution in [0.3, 0.4) is 0 Å². The van der Waals surface area contributed by atoms with E-state index in [-0.39, 0.29) is 23.8 Å². The minimum atomic E-state index is -0.550. The molecule has 0 amide bonds. The van der Waals surface area contributed by atoms with Crippen LogP contribution in [0, 0.1) is 19.7 Å². The summed E-state index contributed by atoms with van der Waals surface area (Å²) < 4.78 is 20.6. The molecular weight excluding hydrogens is 445 g/mol. The normalized spacial score (nSPS) is 18.4. The molecule has 0 bridgehead atoms. The Hall–Kier alpha value is -3.19. The van der Waals surface area contributed by atoms with E-state index in [0.29, 0.717) is 17.5 Å². The van der Waals surface area contributed by atoms with E-state index in [1.54, 1.807) is 13.8 Å². The van der Waals surface area contributed by atoms with Crippen molar-refractivity contribution in [3.05, 3.63) is 75.7 Å². The average molecular weight is 480 g/mol. The Kier molecular flexibility index (Phi) is 7.55. The van der Waals surface area contributed by atoms with Crippen molar-refractivity contribution in [2.75, 3.05) is 26.2 Å². The topological polar surface area (TPSA) is 67.1 Å². The fraction of sp³-hybridized carbons (Fsp3) is 0.429. The van der Waals surface area contributed by atoms with Crippen LogP contribution in [-0.4, -0.2) is 52.5 Å². The lowest BCUT2D eigenvalue weighted by Gasteiger charge is -2.34. The maximum atomic E-state index is 13.1. The second-order valence-corrected chi connectivity index (χ2v) is 9.32. The second-order valence-electron chi connectivity index (χ2n) is 9.32. The standard InChI is InChI=1S/C28H34FN3O3/c1-5-35-28(34)26-19(3)30-25(27(26)33)17-22-16-18(2)32(20(22)4)24-11-14-31(15-12-24)13-10-21-6-8-23(29)9-7-21/h6-9,16-17,24,33H,5,10-15H2,1-4H3/b25-17+. The number of nitrogens with zero attached hydrogens (tertiary/aromatic N) is 3. The Bertz CT molecular complexity index is 1180. The molecule has 1 aromatic carbocycles. The molecule has 7 heteroatoms. The number of piperidine rings is 1. The van der Waals surface area contributed by atoms with Gasteiger partial charge in [0.15, 0.2) is 5.76 Å². The van der Waals surface area contributed by atoms with Crippen molar-refractivity contribution < 1.29 is 19.0 Å². The zero-order chi connectivity index (χ0) is 25.1. The molecule has 0 spiro atoms. The first-order chi connectivity index (χ1) is 16.8. The number of ether oxygens (including phenoxy) is 1. The SMILES string of the molecule is CCOC(=O)C1=C(O)/C(=C\c2cc(C)n(C3CCN(CCc4ccc(F)cc4)CC3)c2C)N=C1C. The number of aliphatic hydroxyl groups excluding tert-OH is 1. The molecule has 2 aromatic rings. The summed E-state index contributed by atoms with van der Waals surface area (Å²) in [7, 11) is 0. The molecule has 0 atom stereocenters. The fourth-order valence-electron chi connectivity index (χ4n) is 5.13. The number of hydrogen-bond donors (Lipinski definition) is 1. The van der Waals surface area contributed by atoms with E-state index < -0.39 is 5.97 Å². The summed E-state index contributed by atoms with van der Waals surface area (Å²) in [6.07, 6.45) is 4.90. The summed E-state index contributed by atoms with van der Waals surface area (Å²) in [6.45, 7) is 10.9.